The third-order valence-corrected chi connectivity index (χ3v) is 3.03. The van der Waals surface area contributed by atoms with Crippen molar-refractivity contribution in [2.45, 2.75) is 6.92 Å². The molecule has 2 heteroatoms. The van der Waals surface area contributed by atoms with Crippen LogP contribution in [0.2, 0.25) is 5.02 Å². The highest BCUT2D eigenvalue weighted by Crippen LogP contribution is 2.24. The Labute approximate surface area is 113 Å². The van der Waals surface area contributed by atoms with E-state index in [2.05, 4.69) is 31.2 Å². The first-order valence-electron chi connectivity index (χ1n) is 5.77. The molecule has 2 aromatic rings. The summed E-state index contributed by atoms with van der Waals surface area (Å²) in [5, 5.41) is 0.693. The minimum Gasteiger partial charge on any atom is -0.497 e. The van der Waals surface area contributed by atoms with E-state index in [1.54, 1.807) is 7.11 Å². The van der Waals surface area contributed by atoms with Crippen LogP contribution in [-0.4, -0.2) is 7.11 Å². The van der Waals surface area contributed by atoms with Gasteiger partial charge < -0.3 is 4.74 Å². The molecule has 0 bridgehead atoms. The van der Waals surface area contributed by atoms with Gasteiger partial charge >= 0.3 is 0 Å². The van der Waals surface area contributed by atoms with Crippen molar-refractivity contribution < 1.29 is 4.74 Å². The van der Waals surface area contributed by atoms with E-state index >= 15 is 0 Å². The molecule has 0 saturated carbocycles. The van der Waals surface area contributed by atoms with E-state index in [0.29, 0.717) is 5.02 Å². The standard InChI is InChI=1S/C16H15ClO/c1-12-4-3-5-13(10-12)6-7-14-8-9-15(18-2)11-16(14)17/h3-11H,1-2H3. The monoisotopic (exact) mass is 258 g/mol. The van der Waals surface area contributed by atoms with Crippen molar-refractivity contribution in [3.8, 4) is 5.75 Å². The molecule has 0 aromatic heterocycles. The van der Waals surface area contributed by atoms with Crippen LogP contribution in [0.5, 0.6) is 5.75 Å². The Hall–Kier alpha value is -1.73. The average molecular weight is 259 g/mol. The Morgan fingerprint density at radius 3 is 2.56 bits per heavy atom. The van der Waals surface area contributed by atoms with Crippen LogP contribution >= 0.6 is 11.6 Å². The maximum Gasteiger partial charge on any atom is 0.120 e. The summed E-state index contributed by atoms with van der Waals surface area (Å²) in [4.78, 5) is 0. The fourth-order valence-electron chi connectivity index (χ4n) is 1.73. The second-order valence-corrected chi connectivity index (χ2v) is 4.54. The van der Waals surface area contributed by atoms with Gasteiger partial charge in [0.15, 0.2) is 0 Å². The minimum absolute atomic E-state index is 0.693. The molecule has 0 spiro atoms. The van der Waals surface area contributed by atoms with Gasteiger partial charge in [-0.2, -0.15) is 0 Å². The molecule has 0 aliphatic carbocycles. The fraction of sp³-hybridized carbons (Fsp3) is 0.125. The molecule has 2 aromatic carbocycles. The zero-order chi connectivity index (χ0) is 13.0. The SMILES string of the molecule is COc1ccc(C=Cc2cccc(C)c2)c(Cl)c1. The van der Waals surface area contributed by atoms with E-state index in [1.807, 2.05) is 30.3 Å². The summed E-state index contributed by atoms with van der Waals surface area (Å²) in [5.74, 6) is 0.771. The van der Waals surface area contributed by atoms with E-state index in [9.17, 15) is 0 Å². The van der Waals surface area contributed by atoms with Gasteiger partial charge in [0.2, 0.25) is 0 Å². The molecule has 0 amide bonds. The topological polar surface area (TPSA) is 9.23 Å². The lowest BCUT2D eigenvalue weighted by atomic mass is 10.1. The van der Waals surface area contributed by atoms with Crippen LogP contribution < -0.4 is 4.74 Å². The van der Waals surface area contributed by atoms with Crippen molar-refractivity contribution in [3.05, 3.63) is 64.2 Å². The number of benzene rings is 2. The first-order chi connectivity index (χ1) is 8.69. The van der Waals surface area contributed by atoms with Gasteiger partial charge in [-0.25, -0.2) is 0 Å². The van der Waals surface area contributed by atoms with E-state index < -0.39 is 0 Å². The number of hydrogen-bond donors (Lipinski definition) is 0. The van der Waals surface area contributed by atoms with Gasteiger partial charge in [-0.3, -0.25) is 0 Å². The number of halogens is 1. The maximum atomic E-state index is 6.17. The van der Waals surface area contributed by atoms with Crippen LogP contribution in [0.15, 0.2) is 42.5 Å². The van der Waals surface area contributed by atoms with E-state index in [4.69, 9.17) is 16.3 Å². The second-order valence-electron chi connectivity index (χ2n) is 4.13. The lowest BCUT2D eigenvalue weighted by molar-refractivity contribution is 0.415. The largest absolute Gasteiger partial charge is 0.497 e. The maximum absolute atomic E-state index is 6.17. The summed E-state index contributed by atoms with van der Waals surface area (Å²) < 4.78 is 5.12. The van der Waals surface area contributed by atoms with E-state index in [0.717, 1.165) is 11.3 Å². The molecule has 18 heavy (non-hydrogen) atoms. The van der Waals surface area contributed by atoms with Gasteiger partial charge in [0.1, 0.15) is 5.75 Å². The smallest absolute Gasteiger partial charge is 0.120 e. The quantitative estimate of drug-likeness (QED) is 0.717. The lowest BCUT2D eigenvalue weighted by Crippen LogP contribution is -1.83. The summed E-state index contributed by atoms with van der Waals surface area (Å²) in [5.41, 5.74) is 3.40. The third-order valence-electron chi connectivity index (χ3n) is 2.71. The number of methoxy groups -OCH3 is 1. The van der Waals surface area contributed by atoms with Crippen molar-refractivity contribution in [1.29, 1.82) is 0 Å². The normalized spacial score (nSPS) is 10.8. The van der Waals surface area contributed by atoms with E-state index in [1.165, 1.54) is 11.1 Å². The Kier molecular flexibility index (Phi) is 4.06. The van der Waals surface area contributed by atoms with Crippen molar-refractivity contribution in [1.82, 2.24) is 0 Å². The van der Waals surface area contributed by atoms with Gasteiger partial charge in [-0.15, -0.1) is 0 Å². The molecule has 0 aliphatic heterocycles. The Balaban J connectivity index is 2.23. The van der Waals surface area contributed by atoms with Gasteiger partial charge in [0.25, 0.3) is 0 Å². The first-order valence-corrected chi connectivity index (χ1v) is 6.15. The second kappa shape index (κ2) is 5.74. The molecule has 0 unspecified atom stereocenters. The van der Waals surface area contributed by atoms with Crippen molar-refractivity contribution in [3.63, 3.8) is 0 Å². The summed E-state index contributed by atoms with van der Waals surface area (Å²) in [6, 6.07) is 14.0. The molecule has 0 radical (unpaired) electrons. The molecule has 2 rings (SSSR count). The molecule has 0 fully saturated rings. The molecule has 0 heterocycles. The Bertz CT molecular complexity index is 573. The lowest BCUT2D eigenvalue weighted by Gasteiger charge is -2.03. The Morgan fingerprint density at radius 2 is 1.89 bits per heavy atom. The summed E-state index contributed by atoms with van der Waals surface area (Å²) >= 11 is 6.17. The zero-order valence-electron chi connectivity index (χ0n) is 10.5. The predicted octanol–water partition coefficient (Wildman–Crippen LogP) is 4.83. The molecule has 92 valence electrons. The Morgan fingerprint density at radius 1 is 1.06 bits per heavy atom. The number of aryl methyl sites for hydroxylation is 1. The van der Waals surface area contributed by atoms with Crippen molar-refractivity contribution >= 4 is 23.8 Å². The minimum atomic E-state index is 0.693. The molecule has 0 N–H and O–H groups in total. The molecule has 0 aliphatic rings. The molecule has 0 atom stereocenters. The highest BCUT2D eigenvalue weighted by Gasteiger charge is 1.98. The van der Waals surface area contributed by atoms with Gasteiger partial charge in [-0.1, -0.05) is 53.6 Å². The zero-order valence-corrected chi connectivity index (χ0v) is 11.2. The summed E-state index contributed by atoms with van der Waals surface area (Å²) in [6.07, 6.45) is 4.07. The number of rotatable bonds is 3. The van der Waals surface area contributed by atoms with Gasteiger partial charge in [0.05, 0.1) is 12.1 Å². The highest BCUT2D eigenvalue weighted by molar-refractivity contribution is 6.32. The van der Waals surface area contributed by atoms with Crippen LogP contribution in [-0.2, 0) is 0 Å². The molecule has 1 nitrogen and oxygen atoms in total. The highest BCUT2D eigenvalue weighted by atomic mass is 35.5. The van der Waals surface area contributed by atoms with Crippen molar-refractivity contribution in [2.24, 2.45) is 0 Å². The van der Waals surface area contributed by atoms with Crippen LogP contribution in [0.4, 0.5) is 0 Å². The summed E-state index contributed by atoms with van der Waals surface area (Å²) in [6.45, 7) is 2.08. The van der Waals surface area contributed by atoms with Crippen LogP contribution in [0.1, 0.15) is 16.7 Å². The first kappa shape index (κ1) is 12.7. The van der Waals surface area contributed by atoms with Crippen LogP contribution in [0, 0.1) is 6.92 Å². The van der Waals surface area contributed by atoms with Crippen LogP contribution in [0.3, 0.4) is 0 Å². The average Bonchev–Trinajstić information content (AvgIpc) is 2.37. The summed E-state index contributed by atoms with van der Waals surface area (Å²) in [7, 11) is 1.63. The van der Waals surface area contributed by atoms with Gasteiger partial charge in [-0.05, 0) is 36.2 Å². The van der Waals surface area contributed by atoms with Crippen LogP contribution in [0.25, 0.3) is 12.2 Å². The predicted molar refractivity (Wildman–Crippen MR) is 78.1 cm³/mol. The molecule has 0 saturated heterocycles. The van der Waals surface area contributed by atoms with Gasteiger partial charge in [0, 0.05) is 0 Å². The third kappa shape index (κ3) is 3.14. The number of ether oxygens (including phenoxy) is 1. The fourth-order valence-corrected chi connectivity index (χ4v) is 1.96. The van der Waals surface area contributed by atoms with E-state index in [-0.39, 0.29) is 0 Å². The molecular weight excluding hydrogens is 244 g/mol. The number of hydrogen-bond acceptors (Lipinski definition) is 1. The molecular formula is C16H15ClO. The van der Waals surface area contributed by atoms with Crippen molar-refractivity contribution in [2.75, 3.05) is 7.11 Å².